The lowest BCUT2D eigenvalue weighted by Gasteiger charge is -1.87. The molecule has 0 unspecified atom stereocenters. The van der Waals surface area contributed by atoms with E-state index in [0.29, 0.717) is 12.2 Å². The van der Waals surface area contributed by atoms with Crippen LogP contribution in [0, 0.1) is 0 Å². The fraction of sp³-hybridized carbons (Fsp3) is 0.639. The molecule has 0 spiro atoms. The molecular formula is C36H74O. The molecule has 37 heavy (non-hydrogen) atoms. The van der Waals surface area contributed by atoms with Gasteiger partial charge in [0.25, 0.3) is 0 Å². The number of carbonyl (C=O) groups is 1. The molecule has 2 rings (SSSR count). The van der Waals surface area contributed by atoms with Crippen molar-refractivity contribution in [1.82, 2.24) is 0 Å². The second kappa shape index (κ2) is 76.5. The number of ketones is 1. The zero-order valence-corrected chi connectivity index (χ0v) is 26.2. The molecule has 0 atom stereocenters. The zero-order valence-electron chi connectivity index (χ0n) is 26.2. The minimum Gasteiger partial charge on any atom is -0.300 e. The quantitative estimate of drug-likeness (QED) is 0.381. The number of carbonyl (C=O) groups excluding carboxylic acids is 1. The predicted molar refractivity (Wildman–Crippen MR) is 181 cm³/mol. The Hall–Kier alpha value is -1.89. The van der Waals surface area contributed by atoms with Gasteiger partial charge in [-0.3, -0.25) is 4.79 Å². The van der Waals surface area contributed by atoms with Gasteiger partial charge in [0.15, 0.2) is 0 Å². The van der Waals surface area contributed by atoms with Gasteiger partial charge in [0.2, 0.25) is 0 Å². The Balaban J connectivity index is -0.0000000443. The molecule has 0 aliphatic heterocycles. The van der Waals surface area contributed by atoms with E-state index in [1.807, 2.05) is 100 Å². The van der Waals surface area contributed by atoms with Crippen LogP contribution in [0.15, 0.2) is 72.8 Å². The predicted octanol–water partition coefficient (Wildman–Crippen LogP) is 13.9. The molecule has 0 saturated carbocycles. The van der Waals surface area contributed by atoms with Crippen LogP contribution in [0.3, 0.4) is 0 Å². The van der Waals surface area contributed by atoms with Gasteiger partial charge in [0.05, 0.1) is 0 Å². The largest absolute Gasteiger partial charge is 0.300 e. The number of unbranched alkanes of at least 4 members (excludes halogenated alkanes) is 2. The lowest BCUT2D eigenvalue weighted by Crippen LogP contribution is -1.91. The summed E-state index contributed by atoms with van der Waals surface area (Å²) in [6, 6.07) is 24.0. The summed E-state index contributed by atoms with van der Waals surface area (Å²) in [6.45, 7) is 25.1. The molecule has 0 aromatic heterocycles. The van der Waals surface area contributed by atoms with Crippen LogP contribution >= 0.6 is 0 Å². The number of hydrogen-bond donors (Lipinski definition) is 0. The lowest BCUT2D eigenvalue weighted by molar-refractivity contribution is -0.118. The van der Waals surface area contributed by atoms with E-state index in [-0.39, 0.29) is 14.9 Å². The van der Waals surface area contributed by atoms with Crippen LogP contribution in [-0.2, 0) is 4.79 Å². The Morgan fingerprint density at radius 2 is 0.622 bits per heavy atom. The van der Waals surface area contributed by atoms with E-state index >= 15 is 0 Å². The van der Waals surface area contributed by atoms with Crippen LogP contribution in [0.5, 0.6) is 0 Å². The zero-order chi connectivity index (χ0) is 28.4. The van der Waals surface area contributed by atoms with E-state index in [0.717, 1.165) is 12.8 Å². The summed E-state index contributed by atoms with van der Waals surface area (Å²) < 4.78 is 0. The fourth-order valence-corrected chi connectivity index (χ4v) is 1.58. The van der Waals surface area contributed by atoms with Crippen molar-refractivity contribution in [3.05, 3.63) is 72.8 Å². The molecule has 0 aliphatic carbocycles. The average Bonchev–Trinajstić information content (AvgIpc) is 2.90. The molecular weight excluding hydrogens is 448 g/mol. The number of Topliss-reactive ketones (excluding diaryl/α,β-unsaturated/α-hetero) is 1. The van der Waals surface area contributed by atoms with Crippen LogP contribution in [-0.4, -0.2) is 5.78 Å². The van der Waals surface area contributed by atoms with Crippen LogP contribution < -0.4 is 0 Å². The summed E-state index contributed by atoms with van der Waals surface area (Å²) in [5.74, 6) is 0.377. The van der Waals surface area contributed by atoms with Crippen molar-refractivity contribution in [2.45, 2.75) is 156 Å². The first kappa shape index (κ1) is 55.6. The third kappa shape index (κ3) is 120. The van der Waals surface area contributed by atoms with Gasteiger partial charge < -0.3 is 0 Å². The highest BCUT2D eigenvalue weighted by Crippen LogP contribution is 1.91. The van der Waals surface area contributed by atoms with Crippen LogP contribution in [0.1, 0.15) is 156 Å². The van der Waals surface area contributed by atoms with Crippen molar-refractivity contribution in [2.75, 3.05) is 0 Å². The van der Waals surface area contributed by atoms with Gasteiger partial charge in [-0.05, 0) is 6.42 Å². The van der Waals surface area contributed by atoms with Crippen LogP contribution in [0.2, 0.25) is 0 Å². The molecule has 0 radical (unpaired) electrons. The Kier molecular flexibility index (Phi) is 115. The van der Waals surface area contributed by atoms with E-state index in [1.54, 1.807) is 0 Å². The molecule has 0 N–H and O–H groups in total. The summed E-state index contributed by atoms with van der Waals surface area (Å²) in [6.07, 6.45) is 10.3. The van der Waals surface area contributed by atoms with E-state index in [9.17, 15) is 4.79 Å². The summed E-state index contributed by atoms with van der Waals surface area (Å²) in [5.41, 5.74) is 0. The van der Waals surface area contributed by atoms with E-state index in [1.165, 1.54) is 38.5 Å². The van der Waals surface area contributed by atoms with Gasteiger partial charge in [-0.15, -0.1) is 0 Å². The molecule has 1 nitrogen and oxygen atoms in total. The van der Waals surface area contributed by atoms with E-state index < -0.39 is 0 Å². The molecule has 0 saturated heterocycles. The van der Waals surface area contributed by atoms with Crippen LogP contribution in [0.4, 0.5) is 0 Å². The standard InChI is InChI=1S/C6H12O.2C6H6.C5H12.3C3H8.C2H6.2CH4/c1-3-5-6(7)4-2;2*1-2-4-6-5-3-1;1-3-5-4-2;3*1-3-2;1-2;;/h3-5H2,1-2H3;2*1-6H;3-5H2,1-2H3;3*3H2,1-2H3;1-2H3;2*1H4. The Morgan fingerprint density at radius 3 is 0.676 bits per heavy atom. The molecule has 0 amide bonds. The smallest absolute Gasteiger partial charge is 0.132 e. The molecule has 2 aromatic rings. The lowest BCUT2D eigenvalue weighted by atomic mass is 10.2. The number of benzene rings is 2. The highest BCUT2D eigenvalue weighted by molar-refractivity contribution is 5.77. The first-order valence-corrected chi connectivity index (χ1v) is 14.5. The SMILES string of the molecule is C.C.CC.CCC.CCC.CCC.CCCC(=O)CC.CCCCC.c1ccccc1.c1ccccc1. The topological polar surface area (TPSA) is 17.1 Å². The van der Waals surface area contributed by atoms with Crippen molar-refractivity contribution in [3.8, 4) is 0 Å². The Bertz CT molecular complexity index is 373. The molecule has 0 bridgehead atoms. The number of rotatable bonds is 5. The summed E-state index contributed by atoms with van der Waals surface area (Å²) in [7, 11) is 0. The normalized spacial score (nSPS) is 7.03. The maximum absolute atomic E-state index is 10.4. The van der Waals surface area contributed by atoms with Crippen molar-refractivity contribution >= 4 is 5.78 Å². The van der Waals surface area contributed by atoms with Gasteiger partial charge >= 0.3 is 0 Å². The highest BCUT2D eigenvalue weighted by Gasteiger charge is 1.91. The summed E-state index contributed by atoms with van der Waals surface area (Å²) in [5, 5.41) is 0. The maximum Gasteiger partial charge on any atom is 0.132 e. The van der Waals surface area contributed by atoms with Crippen LogP contribution in [0.25, 0.3) is 0 Å². The Labute approximate surface area is 238 Å². The van der Waals surface area contributed by atoms with Gasteiger partial charge in [-0.2, -0.15) is 0 Å². The molecule has 224 valence electrons. The molecule has 0 heterocycles. The van der Waals surface area contributed by atoms with Crippen molar-refractivity contribution in [2.24, 2.45) is 0 Å². The molecule has 2 aromatic carbocycles. The van der Waals surface area contributed by atoms with Crippen molar-refractivity contribution in [1.29, 1.82) is 0 Å². The molecule has 0 aliphatic rings. The van der Waals surface area contributed by atoms with Gasteiger partial charge in [-0.25, -0.2) is 0 Å². The minimum atomic E-state index is 0. The fourth-order valence-electron chi connectivity index (χ4n) is 1.58. The van der Waals surface area contributed by atoms with Gasteiger partial charge in [0, 0.05) is 12.8 Å². The first-order chi connectivity index (χ1) is 17.0. The van der Waals surface area contributed by atoms with E-state index in [2.05, 4.69) is 55.4 Å². The van der Waals surface area contributed by atoms with Crippen molar-refractivity contribution < 1.29 is 4.79 Å². The third-order valence-electron chi connectivity index (χ3n) is 2.96. The van der Waals surface area contributed by atoms with Crippen molar-refractivity contribution in [3.63, 3.8) is 0 Å². The molecule has 1 heteroatoms. The van der Waals surface area contributed by atoms with Gasteiger partial charge in [0.1, 0.15) is 5.78 Å². The average molecular weight is 523 g/mol. The number of hydrogen-bond acceptors (Lipinski definition) is 1. The molecule has 0 fully saturated rings. The second-order valence-electron chi connectivity index (χ2n) is 7.43. The first-order valence-electron chi connectivity index (χ1n) is 14.5. The summed E-state index contributed by atoms with van der Waals surface area (Å²) >= 11 is 0. The minimum absolute atomic E-state index is 0. The van der Waals surface area contributed by atoms with E-state index in [4.69, 9.17) is 0 Å². The maximum atomic E-state index is 10.4. The third-order valence-corrected chi connectivity index (χ3v) is 2.96. The monoisotopic (exact) mass is 523 g/mol. The second-order valence-corrected chi connectivity index (χ2v) is 7.43. The Morgan fingerprint density at radius 1 is 0.432 bits per heavy atom. The summed E-state index contributed by atoms with van der Waals surface area (Å²) in [4.78, 5) is 10.4. The highest BCUT2D eigenvalue weighted by atomic mass is 16.1. The van der Waals surface area contributed by atoms with Gasteiger partial charge in [-0.1, -0.05) is 209 Å².